The average molecular weight is 320 g/mol. The van der Waals surface area contributed by atoms with Gasteiger partial charge in [-0.3, -0.25) is 0 Å². The summed E-state index contributed by atoms with van der Waals surface area (Å²) in [5.41, 5.74) is 0.634. The van der Waals surface area contributed by atoms with Crippen LogP contribution >= 0.6 is 0 Å². The van der Waals surface area contributed by atoms with Crippen LogP contribution in [-0.4, -0.2) is 17.7 Å². The minimum Gasteiger partial charge on any atom is -0.419 e. The van der Waals surface area contributed by atoms with Crippen LogP contribution in [0.3, 0.4) is 0 Å². The second kappa shape index (κ2) is 6.21. The molecule has 0 saturated carbocycles. The maximum Gasteiger partial charge on any atom is 0.349 e. The van der Waals surface area contributed by atoms with E-state index in [4.69, 9.17) is 9.47 Å². The molecule has 1 fully saturated rings. The van der Waals surface area contributed by atoms with E-state index < -0.39 is 17.7 Å². The Kier molecular flexibility index (Phi) is 4.09. The zero-order valence-electron chi connectivity index (χ0n) is 13.5. The van der Waals surface area contributed by atoms with Gasteiger partial charge < -0.3 is 9.47 Å². The lowest BCUT2D eigenvalue weighted by Gasteiger charge is -2.32. The molecule has 0 atom stereocenters. The van der Waals surface area contributed by atoms with Gasteiger partial charge in [-0.1, -0.05) is 55.2 Å². The fourth-order valence-electron chi connectivity index (χ4n) is 2.39. The molecule has 0 bridgehead atoms. The lowest BCUT2D eigenvalue weighted by molar-refractivity contribution is -0.229. The third kappa shape index (κ3) is 3.02. The molecule has 24 heavy (non-hydrogen) atoms. The maximum absolute atomic E-state index is 12.0. The topological polar surface area (TPSA) is 52.6 Å². The molecule has 2 aromatic rings. The van der Waals surface area contributed by atoms with Gasteiger partial charge in [0, 0.05) is 25.0 Å². The standard InChI is InChI=1S/C20H16O4/c1-3-20(2)23-18(21)17(19(22)24-20)13-7-11-15-10-6-9-14-8-4-5-12-16(14)15/h4-6,8-10,12-13H,3H2,1-2H3. The number of allylic oxidation sites excluding steroid dienone is 1. The SMILES string of the molecule is CCC1(C)OC(=O)C(=CC#Cc2cccc3ccccc23)C(=O)O1. The van der Waals surface area contributed by atoms with Crippen LogP contribution in [0.1, 0.15) is 25.8 Å². The van der Waals surface area contributed by atoms with Crippen molar-refractivity contribution in [1.29, 1.82) is 0 Å². The molecule has 120 valence electrons. The van der Waals surface area contributed by atoms with E-state index in [-0.39, 0.29) is 5.57 Å². The predicted octanol–water partition coefficient (Wildman–Crippen LogP) is 3.34. The molecule has 2 aromatic carbocycles. The molecule has 4 heteroatoms. The third-order valence-corrected chi connectivity index (χ3v) is 3.91. The first-order valence-corrected chi connectivity index (χ1v) is 7.68. The number of hydrogen-bond donors (Lipinski definition) is 0. The minimum atomic E-state index is -1.20. The molecule has 0 spiro atoms. The minimum absolute atomic E-state index is 0.186. The van der Waals surface area contributed by atoms with Gasteiger partial charge in [-0.25, -0.2) is 9.59 Å². The van der Waals surface area contributed by atoms with Gasteiger partial charge in [0.1, 0.15) is 0 Å². The van der Waals surface area contributed by atoms with Crippen LogP contribution < -0.4 is 0 Å². The molecule has 0 radical (unpaired) electrons. The highest BCUT2D eigenvalue weighted by Gasteiger charge is 2.40. The van der Waals surface area contributed by atoms with Gasteiger partial charge in [-0.2, -0.15) is 0 Å². The van der Waals surface area contributed by atoms with Crippen molar-refractivity contribution in [3.63, 3.8) is 0 Å². The highest BCUT2D eigenvalue weighted by Crippen LogP contribution is 2.26. The Morgan fingerprint density at radius 3 is 2.42 bits per heavy atom. The van der Waals surface area contributed by atoms with Crippen molar-refractivity contribution in [3.8, 4) is 11.8 Å². The normalized spacial score (nSPS) is 20.0. The van der Waals surface area contributed by atoms with Gasteiger partial charge in [0.25, 0.3) is 5.79 Å². The number of carbonyl (C=O) groups is 2. The van der Waals surface area contributed by atoms with Gasteiger partial charge in [-0.05, 0) is 16.8 Å². The lowest BCUT2D eigenvalue weighted by atomic mass is 10.0. The van der Waals surface area contributed by atoms with Crippen LogP contribution in [0.15, 0.2) is 54.1 Å². The van der Waals surface area contributed by atoms with Gasteiger partial charge >= 0.3 is 11.9 Å². The molecule has 0 unspecified atom stereocenters. The van der Waals surface area contributed by atoms with Crippen LogP contribution in [-0.2, 0) is 19.1 Å². The van der Waals surface area contributed by atoms with Gasteiger partial charge in [0.05, 0.1) is 0 Å². The summed E-state index contributed by atoms with van der Waals surface area (Å²) in [5.74, 6) is 3.11. The van der Waals surface area contributed by atoms with Gasteiger partial charge in [0.15, 0.2) is 5.57 Å². The van der Waals surface area contributed by atoms with Crippen LogP contribution in [0.5, 0.6) is 0 Å². The van der Waals surface area contributed by atoms with E-state index in [0.29, 0.717) is 6.42 Å². The summed E-state index contributed by atoms with van der Waals surface area (Å²) >= 11 is 0. The number of carbonyl (C=O) groups excluding carboxylic acids is 2. The predicted molar refractivity (Wildman–Crippen MR) is 89.8 cm³/mol. The molecule has 1 heterocycles. The fraction of sp³-hybridized carbons (Fsp3) is 0.200. The van der Waals surface area contributed by atoms with Crippen molar-refractivity contribution < 1.29 is 19.1 Å². The molecule has 1 aliphatic rings. The Bertz CT molecular complexity index is 887. The molecule has 3 rings (SSSR count). The number of cyclic esters (lactones) is 2. The molecule has 0 aromatic heterocycles. The molecule has 4 nitrogen and oxygen atoms in total. The lowest BCUT2D eigenvalue weighted by Crippen LogP contribution is -2.43. The highest BCUT2D eigenvalue weighted by molar-refractivity contribution is 6.15. The first kappa shape index (κ1) is 15.8. The van der Waals surface area contributed by atoms with E-state index in [9.17, 15) is 9.59 Å². The van der Waals surface area contributed by atoms with E-state index in [0.717, 1.165) is 16.3 Å². The van der Waals surface area contributed by atoms with E-state index in [2.05, 4.69) is 11.8 Å². The number of ether oxygens (including phenoxy) is 2. The zero-order valence-corrected chi connectivity index (χ0v) is 13.5. The molecular weight excluding hydrogens is 304 g/mol. The third-order valence-electron chi connectivity index (χ3n) is 3.91. The van der Waals surface area contributed by atoms with E-state index >= 15 is 0 Å². The smallest absolute Gasteiger partial charge is 0.349 e. The van der Waals surface area contributed by atoms with E-state index in [1.165, 1.54) is 6.08 Å². The van der Waals surface area contributed by atoms with Crippen LogP contribution in [0, 0.1) is 11.8 Å². The quantitative estimate of drug-likeness (QED) is 0.350. The number of fused-ring (bicyclic) bond motifs is 1. The second-order valence-electron chi connectivity index (χ2n) is 5.62. The number of benzene rings is 2. The van der Waals surface area contributed by atoms with Crippen molar-refractivity contribution in [2.75, 3.05) is 0 Å². The Labute approximate surface area is 140 Å². The van der Waals surface area contributed by atoms with Crippen molar-refractivity contribution in [2.24, 2.45) is 0 Å². The molecule has 0 N–H and O–H groups in total. The molecule has 0 aliphatic carbocycles. The zero-order chi connectivity index (χ0) is 17.2. The van der Waals surface area contributed by atoms with Crippen LogP contribution in [0.25, 0.3) is 10.8 Å². The summed E-state index contributed by atoms with van der Waals surface area (Å²) in [7, 11) is 0. The van der Waals surface area contributed by atoms with Crippen LogP contribution in [0.4, 0.5) is 0 Å². The first-order chi connectivity index (χ1) is 11.5. The average Bonchev–Trinajstić information content (AvgIpc) is 2.57. The summed E-state index contributed by atoms with van der Waals surface area (Å²) in [6.07, 6.45) is 1.64. The summed E-state index contributed by atoms with van der Waals surface area (Å²) in [5, 5.41) is 2.09. The molecule has 0 amide bonds. The first-order valence-electron chi connectivity index (χ1n) is 7.68. The summed E-state index contributed by atoms with van der Waals surface area (Å²) in [4.78, 5) is 23.9. The van der Waals surface area contributed by atoms with E-state index in [1.807, 2.05) is 42.5 Å². The number of esters is 2. The van der Waals surface area contributed by atoms with Crippen molar-refractivity contribution in [1.82, 2.24) is 0 Å². The second-order valence-corrected chi connectivity index (χ2v) is 5.62. The van der Waals surface area contributed by atoms with Crippen molar-refractivity contribution in [2.45, 2.75) is 26.1 Å². The Morgan fingerprint density at radius 1 is 1.04 bits per heavy atom. The largest absolute Gasteiger partial charge is 0.419 e. The van der Waals surface area contributed by atoms with Crippen molar-refractivity contribution in [3.05, 3.63) is 59.7 Å². The monoisotopic (exact) mass is 320 g/mol. The Balaban J connectivity index is 1.90. The fourth-order valence-corrected chi connectivity index (χ4v) is 2.39. The summed E-state index contributed by atoms with van der Waals surface area (Å²) in [6.45, 7) is 3.33. The summed E-state index contributed by atoms with van der Waals surface area (Å²) < 4.78 is 10.3. The maximum atomic E-state index is 12.0. The Morgan fingerprint density at radius 2 is 1.71 bits per heavy atom. The molecule has 1 aliphatic heterocycles. The molecule has 1 saturated heterocycles. The van der Waals surface area contributed by atoms with E-state index in [1.54, 1.807) is 13.8 Å². The van der Waals surface area contributed by atoms with Crippen molar-refractivity contribution >= 4 is 22.7 Å². The molecular formula is C20H16O4. The Hall–Kier alpha value is -3.06. The number of rotatable bonds is 1. The van der Waals surface area contributed by atoms with Crippen LogP contribution in [0.2, 0.25) is 0 Å². The highest BCUT2D eigenvalue weighted by atomic mass is 16.7. The summed E-state index contributed by atoms with van der Waals surface area (Å²) in [6, 6.07) is 13.7. The number of hydrogen-bond acceptors (Lipinski definition) is 4. The van der Waals surface area contributed by atoms with Gasteiger partial charge in [0.2, 0.25) is 0 Å². The van der Waals surface area contributed by atoms with Gasteiger partial charge in [-0.15, -0.1) is 0 Å².